The zero-order valence-electron chi connectivity index (χ0n) is 15.6. The van der Waals surface area contributed by atoms with Gasteiger partial charge in [0.1, 0.15) is 5.75 Å². The van der Waals surface area contributed by atoms with E-state index in [9.17, 15) is 0 Å². The van der Waals surface area contributed by atoms with Gasteiger partial charge in [0, 0.05) is 32.4 Å². The van der Waals surface area contributed by atoms with Gasteiger partial charge in [-0.25, -0.2) is 0 Å². The van der Waals surface area contributed by atoms with E-state index in [0.717, 1.165) is 43.2 Å². The highest BCUT2D eigenvalue weighted by Gasteiger charge is 2.21. The summed E-state index contributed by atoms with van der Waals surface area (Å²) in [6, 6.07) is 16.5. The average Bonchev–Trinajstić information content (AvgIpc) is 3.12. The topological polar surface area (TPSA) is 46.1 Å². The molecule has 0 fully saturated rings. The first-order valence-corrected chi connectivity index (χ1v) is 9.08. The number of para-hydroxylation sites is 1. The highest BCUT2D eigenvalue weighted by Crippen LogP contribution is 2.27. The summed E-state index contributed by atoms with van der Waals surface area (Å²) in [5.41, 5.74) is 3.80. The van der Waals surface area contributed by atoms with Crippen LogP contribution in [0.25, 0.3) is 0 Å². The Bertz CT molecular complexity index is 728. The Kier molecular flexibility index (Phi) is 6.50. The van der Waals surface area contributed by atoms with E-state index in [4.69, 9.17) is 9.47 Å². The van der Waals surface area contributed by atoms with Gasteiger partial charge in [0.05, 0.1) is 13.7 Å². The van der Waals surface area contributed by atoms with Crippen molar-refractivity contribution >= 4 is 11.6 Å². The van der Waals surface area contributed by atoms with Crippen molar-refractivity contribution < 1.29 is 9.47 Å². The third-order valence-electron chi connectivity index (χ3n) is 4.53. The molecule has 0 atom stereocenters. The second-order valence-electron chi connectivity index (χ2n) is 6.26. The number of methoxy groups -OCH3 is 1. The van der Waals surface area contributed by atoms with Crippen molar-refractivity contribution in [2.75, 3.05) is 38.8 Å². The van der Waals surface area contributed by atoms with Crippen LogP contribution in [-0.4, -0.2) is 39.8 Å². The first-order chi connectivity index (χ1) is 12.8. The van der Waals surface area contributed by atoms with Crippen LogP contribution in [0.2, 0.25) is 0 Å². The van der Waals surface area contributed by atoms with Crippen LogP contribution in [0.5, 0.6) is 5.75 Å². The fraction of sp³-hybridized carbons (Fsp3) is 0.381. The van der Waals surface area contributed by atoms with Crippen molar-refractivity contribution in [1.82, 2.24) is 5.32 Å². The van der Waals surface area contributed by atoms with Crippen LogP contribution < -0.4 is 15.0 Å². The second kappa shape index (κ2) is 9.25. The van der Waals surface area contributed by atoms with Crippen LogP contribution in [-0.2, 0) is 17.8 Å². The number of anilines is 1. The van der Waals surface area contributed by atoms with Crippen LogP contribution in [0.4, 0.5) is 5.69 Å². The summed E-state index contributed by atoms with van der Waals surface area (Å²) in [5.74, 6) is 1.80. The lowest BCUT2D eigenvalue weighted by atomic mass is 10.2. The second-order valence-corrected chi connectivity index (χ2v) is 6.26. The number of guanidine groups is 1. The van der Waals surface area contributed by atoms with Gasteiger partial charge in [-0.15, -0.1) is 0 Å². The Morgan fingerprint density at radius 3 is 2.73 bits per heavy atom. The van der Waals surface area contributed by atoms with Gasteiger partial charge in [0.25, 0.3) is 0 Å². The molecule has 1 aliphatic rings. The Hall–Kier alpha value is -2.53. The van der Waals surface area contributed by atoms with Crippen LogP contribution >= 0.6 is 0 Å². The van der Waals surface area contributed by atoms with E-state index in [-0.39, 0.29) is 0 Å². The van der Waals surface area contributed by atoms with Crippen molar-refractivity contribution in [2.24, 2.45) is 4.99 Å². The Morgan fingerprint density at radius 1 is 1.15 bits per heavy atom. The summed E-state index contributed by atoms with van der Waals surface area (Å²) in [5, 5.41) is 3.45. The maximum Gasteiger partial charge on any atom is 0.198 e. The lowest BCUT2D eigenvalue weighted by Gasteiger charge is -2.22. The number of fused-ring (bicyclic) bond motifs is 1. The van der Waals surface area contributed by atoms with Crippen LogP contribution in [0, 0.1) is 0 Å². The molecular formula is C21H27N3O2. The molecule has 5 heteroatoms. The minimum absolute atomic E-state index is 0.623. The van der Waals surface area contributed by atoms with Gasteiger partial charge in [-0.1, -0.05) is 30.3 Å². The number of rotatable bonds is 7. The molecule has 0 amide bonds. The molecular weight excluding hydrogens is 326 g/mol. The molecule has 3 rings (SSSR count). The van der Waals surface area contributed by atoms with Crippen LogP contribution in [0.1, 0.15) is 17.5 Å². The molecule has 26 heavy (non-hydrogen) atoms. The normalized spacial score (nSPS) is 13.6. The molecule has 0 saturated carbocycles. The summed E-state index contributed by atoms with van der Waals surface area (Å²) in [7, 11) is 3.51. The number of hydrogen-bond acceptors (Lipinski definition) is 3. The standard InChI is InChI=1S/C21H27N3O2/c1-22-21(24-14-12-18-6-3-4-7-20(18)24)23-13-5-15-26-16-17-8-10-19(25-2)11-9-17/h3-4,6-11H,5,12-16H2,1-2H3,(H,22,23). The maximum absolute atomic E-state index is 5.76. The van der Waals surface area contributed by atoms with Crippen LogP contribution in [0.3, 0.4) is 0 Å². The SMILES string of the molecule is CN=C(NCCCOCc1ccc(OC)cc1)N1CCc2ccccc21. The van der Waals surface area contributed by atoms with Gasteiger partial charge >= 0.3 is 0 Å². The summed E-state index contributed by atoms with van der Waals surface area (Å²) in [4.78, 5) is 6.69. The van der Waals surface area contributed by atoms with Gasteiger partial charge in [-0.05, 0) is 42.2 Å². The van der Waals surface area contributed by atoms with Crippen molar-refractivity contribution in [1.29, 1.82) is 0 Å². The van der Waals surface area contributed by atoms with E-state index in [2.05, 4.69) is 39.5 Å². The van der Waals surface area contributed by atoms with Gasteiger partial charge in [0.2, 0.25) is 0 Å². The fourth-order valence-corrected chi connectivity index (χ4v) is 3.14. The highest BCUT2D eigenvalue weighted by molar-refractivity contribution is 5.97. The van der Waals surface area contributed by atoms with E-state index >= 15 is 0 Å². The first-order valence-electron chi connectivity index (χ1n) is 9.08. The molecule has 0 aromatic heterocycles. The predicted octanol–water partition coefficient (Wildman–Crippen LogP) is 3.24. The number of aliphatic imine (C=N–C) groups is 1. The summed E-state index contributed by atoms with van der Waals surface area (Å²) >= 11 is 0. The zero-order valence-corrected chi connectivity index (χ0v) is 15.6. The molecule has 0 aliphatic carbocycles. The molecule has 0 bridgehead atoms. The fourth-order valence-electron chi connectivity index (χ4n) is 3.14. The molecule has 5 nitrogen and oxygen atoms in total. The summed E-state index contributed by atoms with van der Waals surface area (Å²) in [6.45, 7) is 3.16. The van der Waals surface area contributed by atoms with E-state index in [1.54, 1.807) is 7.11 Å². The van der Waals surface area contributed by atoms with E-state index < -0.39 is 0 Å². The number of hydrogen-bond donors (Lipinski definition) is 1. The average molecular weight is 353 g/mol. The van der Waals surface area contributed by atoms with Crippen molar-refractivity contribution in [3.63, 3.8) is 0 Å². The van der Waals surface area contributed by atoms with E-state index in [1.807, 2.05) is 31.3 Å². The largest absolute Gasteiger partial charge is 0.497 e. The Labute approximate surface area is 155 Å². The number of nitrogens with zero attached hydrogens (tertiary/aromatic N) is 2. The van der Waals surface area contributed by atoms with Gasteiger partial charge in [-0.2, -0.15) is 0 Å². The van der Waals surface area contributed by atoms with E-state index in [1.165, 1.54) is 11.3 Å². The smallest absolute Gasteiger partial charge is 0.198 e. The maximum atomic E-state index is 5.76. The molecule has 0 unspecified atom stereocenters. The predicted molar refractivity (Wildman–Crippen MR) is 106 cm³/mol. The Balaban J connectivity index is 1.37. The minimum atomic E-state index is 0.623. The first kappa shape index (κ1) is 18.3. The molecule has 0 saturated heterocycles. The lowest BCUT2D eigenvalue weighted by Crippen LogP contribution is -2.41. The lowest BCUT2D eigenvalue weighted by molar-refractivity contribution is 0.119. The molecule has 2 aromatic carbocycles. The molecule has 1 N–H and O–H groups in total. The molecule has 2 aromatic rings. The van der Waals surface area contributed by atoms with Gasteiger partial charge in [0.15, 0.2) is 5.96 Å². The van der Waals surface area contributed by atoms with Crippen molar-refractivity contribution in [3.05, 3.63) is 59.7 Å². The number of ether oxygens (including phenoxy) is 2. The zero-order chi connectivity index (χ0) is 18.2. The third-order valence-corrected chi connectivity index (χ3v) is 4.53. The van der Waals surface area contributed by atoms with Crippen molar-refractivity contribution in [3.8, 4) is 5.75 Å². The van der Waals surface area contributed by atoms with E-state index in [0.29, 0.717) is 13.2 Å². The van der Waals surface area contributed by atoms with Gasteiger partial charge in [-0.3, -0.25) is 4.99 Å². The van der Waals surface area contributed by atoms with Crippen molar-refractivity contribution in [2.45, 2.75) is 19.4 Å². The number of nitrogens with one attached hydrogen (secondary N) is 1. The summed E-state index contributed by atoms with van der Waals surface area (Å²) in [6.07, 6.45) is 2.01. The van der Waals surface area contributed by atoms with Crippen LogP contribution in [0.15, 0.2) is 53.5 Å². The Morgan fingerprint density at radius 2 is 1.96 bits per heavy atom. The minimum Gasteiger partial charge on any atom is -0.497 e. The molecule has 1 heterocycles. The monoisotopic (exact) mass is 353 g/mol. The quantitative estimate of drug-likeness (QED) is 0.472. The van der Waals surface area contributed by atoms with Gasteiger partial charge < -0.3 is 19.7 Å². The molecule has 0 radical (unpaired) electrons. The molecule has 1 aliphatic heterocycles. The molecule has 138 valence electrons. The third kappa shape index (κ3) is 4.55. The molecule has 0 spiro atoms. The summed E-state index contributed by atoms with van der Waals surface area (Å²) < 4.78 is 10.9. The number of benzene rings is 2. The highest BCUT2D eigenvalue weighted by atomic mass is 16.5.